The summed E-state index contributed by atoms with van der Waals surface area (Å²) in [5.74, 6) is -0.399. The average molecular weight is 258 g/mol. The molecule has 0 saturated carbocycles. The van der Waals surface area contributed by atoms with Gasteiger partial charge in [-0.1, -0.05) is 34.1 Å². The zero-order valence-corrected chi connectivity index (χ0v) is 9.65. The number of rotatable bonds is 2. The molecule has 0 aliphatic rings. The number of carbonyl (C=O) groups is 1. The summed E-state index contributed by atoms with van der Waals surface area (Å²) in [6, 6.07) is 8.66. The predicted molar refractivity (Wildman–Crippen MR) is 58.7 cm³/mol. The molecule has 3 nitrogen and oxygen atoms in total. The first-order valence-corrected chi connectivity index (χ1v) is 4.99. The molecule has 0 saturated heterocycles. The zero-order chi connectivity index (χ0) is 10.8. The highest BCUT2D eigenvalue weighted by Gasteiger charge is 2.29. The van der Waals surface area contributed by atoms with Crippen LogP contribution in [0.2, 0.25) is 0 Å². The van der Waals surface area contributed by atoms with Crippen LogP contribution in [0.25, 0.3) is 0 Å². The highest BCUT2D eigenvalue weighted by Crippen LogP contribution is 2.22. The van der Waals surface area contributed by atoms with Crippen LogP contribution in [0.5, 0.6) is 0 Å². The number of hydrogen-bond donors (Lipinski definition) is 1. The van der Waals surface area contributed by atoms with Crippen molar-refractivity contribution in [3.63, 3.8) is 0 Å². The topological polar surface area (TPSA) is 40.5 Å². The van der Waals surface area contributed by atoms with E-state index >= 15 is 0 Å². The molecule has 1 amide bonds. The van der Waals surface area contributed by atoms with Crippen molar-refractivity contribution in [3.05, 3.63) is 30.3 Å². The number of para-hydroxylation sites is 1. The monoisotopic (exact) mass is 257 g/mol. The number of nitrogens with zero attached hydrogens (tertiary/aromatic N) is 1. The van der Waals surface area contributed by atoms with Gasteiger partial charge in [0.25, 0.3) is 5.91 Å². The number of halogens is 1. The van der Waals surface area contributed by atoms with Crippen molar-refractivity contribution >= 4 is 27.5 Å². The number of benzene rings is 1. The molecule has 1 aromatic carbocycles. The molecule has 0 aliphatic carbocycles. The fourth-order valence-corrected chi connectivity index (χ4v) is 1.11. The van der Waals surface area contributed by atoms with Gasteiger partial charge in [0.1, 0.15) is 4.32 Å². The first kappa shape index (κ1) is 11.2. The maximum atomic E-state index is 11.6. The van der Waals surface area contributed by atoms with E-state index in [4.69, 9.17) is 0 Å². The Hall–Kier alpha value is -0.870. The summed E-state index contributed by atoms with van der Waals surface area (Å²) in [4.78, 5) is 11.6. The minimum atomic E-state index is -0.766. The Bertz CT molecular complexity index is 319. The molecule has 0 aromatic heterocycles. The summed E-state index contributed by atoms with van der Waals surface area (Å²) in [6.07, 6.45) is 0. The predicted octanol–water partition coefficient (Wildman–Crippen LogP) is 2.58. The van der Waals surface area contributed by atoms with Gasteiger partial charge in [-0.15, -0.1) is 0 Å². The van der Waals surface area contributed by atoms with Gasteiger partial charge in [0.05, 0.1) is 5.69 Å². The molecule has 0 radical (unpaired) electrons. The van der Waals surface area contributed by atoms with E-state index in [1.165, 1.54) is 0 Å². The van der Waals surface area contributed by atoms with Gasteiger partial charge in [-0.25, -0.2) is 0 Å². The van der Waals surface area contributed by atoms with Gasteiger partial charge in [-0.2, -0.15) is 5.06 Å². The Balaban J connectivity index is 2.87. The van der Waals surface area contributed by atoms with Crippen LogP contribution in [0.4, 0.5) is 5.69 Å². The highest BCUT2D eigenvalue weighted by molar-refractivity contribution is 9.10. The maximum Gasteiger partial charge on any atom is 0.266 e. The van der Waals surface area contributed by atoms with Crippen LogP contribution in [-0.2, 0) is 4.79 Å². The number of hydrogen-bond acceptors (Lipinski definition) is 2. The standard InChI is InChI=1S/C10H12BrNO2/c1-10(2,11)9(13)12(14)8-6-4-3-5-7-8/h3-7,14H,1-2H3. The highest BCUT2D eigenvalue weighted by atomic mass is 79.9. The summed E-state index contributed by atoms with van der Waals surface area (Å²) in [7, 11) is 0. The number of carbonyl (C=O) groups excluding carboxylic acids is 1. The van der Waals surface area contributed by atoms with Crippen molar-refractivity contribution in [2.75, 3.05) is 5.06 Å². The SMILES string of the molecule is CC(C)(Br)C(=O)N(O)c1ccccc1. The summed E-state index contributed by atoms with van der Waals surface area (Å²) in [6.45, 7) is 3.36. The maximum absolute atomic E-state index is 11.6. The van der Waals surface area contributed by atoms with Crippen LogP contribution >= 0.6 is 15.9 Å². The van der Waals surface area contributed by atoms with E-state index in [1.54, 1.807) is 38.1 Å². The zero-order valence-electron chi connectivity index (χ0n) is 8.07. The molecule has 0 atom stereocenters. The fraction of sp³-hybridized carbons (Fsp3) is 0.300. The number of alkyl halides is 1. The number of hydroxylamine groups is 1. The number of anilines is 1. The molecule has 4 heteroatoms. The molecule has 1 aromatic rings. The third kappa shape index (κ3) is 2.56. The summed E-state index contributed by atoms with van der Waals surface area (Å²) in [5, 5.41) is 10.2. The van der Waals surface area contributed by atoms with Gasteiger partial charge in [0.15, 0.2) is 0 Å². The largest absolute Gasteiger partial charge is 0.281 e. The van der Waals surface area contributed by atoms with E-state index in [-0.39, 0.29) is 0 Å². The lowest BCUT2D eigenvalue weighted by atomic mass is 10.2. The molecule has 1 rings (SSSR count). The summed E-state index contributed by atoms with van der Waals surface area (Å²) >= 11 is 3.19. The van der Waals surface area contributed by atoms with E-state index in [2.05, 4.69) is 15.9 Å². The van der Waals surface area contributed by atoms with Crippen LogP contribution in [0.3, 0.4) is 0 Å². The Kier molecular flexibility index (Phi) is 3.29. The van der Waals surface area contributed by atoms with Crippen molar-refractivity contribution in [2.24, 2.45) is 0 Å². The third-order valence-corrected chi connectivity index (χ3v) is 2.04. The van der Waals surface area contributed by atoms with Gasteiger partial charge in [0, 0.05) is 0 Å². The van der Waals surface area contributed by atoms with E-state index in [0.29, 0.717) is 10.8 Å². The van der Waals surface area contributed by atoms with Crippen LogP contribution in [0.15, 0.2) is 30.3 Å². The van der Waals surface area contributed by atoms with Crippen LogP contribution in [-0.4, -0.2) is 15.4 Å². The Morgan fingerprint density at radius 1 is 1.36 bits per heavy atom. The van der Waals surface area contributed by atoms with E-state index in [0.717, 1.165) is 0 Å². The molecule has 76 valence electrons. The average Bonchev–Trinajstić information content (AvgIpc) is 2.15. The van der Waals surface area contributed by atoms with Crippen LogP contribution in [0.1, 0.15) is 13.8 Å². The van der Waals surface area contributed by atoms with Crippen molar-refractivity contribution in [2.45, 2.75) is 18.2 Å². The Morgan fingerprint density at radius 2 is 1.86 bits per heavy atom. The van der Waals surface area contributed by atoms with Gasteiger partial charge in [-0.05, 0) is 26.0 Å². The quantitative estimate of drug-likeness (QED) is 0.503. The summed E-state index contributed by atoms with van der Waals surface area (Å²) < 4.78 is -0.766. The lowest BCUT2D eigenvalue weighted by Crippen LogP contribution is -2.39. The van der Waals surface area contributed by atoms with Gasteiger partial charge in [-0.3, -0.25) is 10.0 Å². The van der Waals surface area contributed by atoms with Crippen molar-refractivity contribution < 1.29 is 10.0 Å². The van der Waals surface area contributed by atoms with Gasteiger partial charge in [0.2, 0.25) is 0 Å². The molecule has 0 heterocycles. The molecule has 0 aliphatic heterocycles. The van der Waals surface area contributed by atoms with Gasteiger partial charge < -0.3 is 0 Å². The Labute approximate surface area is 91.4 Å². The first-order valence-electron chi connectivity index (χ1n) is 4.20. The molecule has 0 unspecified atom stereocenters. The molecule has 1 N–H and O–H groups in total. The minimum Gasteiger partial charge on any atom is -0.281 e. The molecular weight excluding hydrogens is 246 g/mol. The lowest BCUT2D eigenvalue weighted by Gasteiger charge is -2.22. The second-order valence-electron chi connectivity index (χ2n) is 3.42. The lowest BCUT2D eigenvalue weighted by molar-refractivity contribution is -0.125. The normalized spacial score (nSPS) is 11.1. The molecule has 0 fully saturated rings. The second-order valence-corrected chi connectivity index (χ2v) is 5.41. The molecule has 0 spiro atoms. The van der Waals surface area contributed by atoms with Crippen LogP contribution in [0, 0.1) is 0 Å². The Morgan fingerprint density at radius 3 is 2.29 bits per heavy atom. The van der Waals surface area contributed by atoms with Crippen molar-refractivity contribution in [3.8, 4) is 0 Å². The second kappa shape index (κ2) is 4.11. The number of amides is 1. The molecule has 14 heavy (non-hydrogen) atoms. The van der Waals surface area contributed by atoms with Crippen molar-refractivity contribution in [1.82, 2.24) is 0 Å². The van der Waals surface area contributed by atoms with Crippen molar-refractivity contribution in [1.29, 1.82) is 0 Å². The van der Waals surface area contributed by atoms with E-state index in [9.17, 15) is 10.0 Å². The first-order chi connectivity index (χ1) is 6.43. The smallest absolute Gasteiger partial charge is 0.266 e. The van der Waals surface area contributed by atoms with E-state index in [1.807, 2.05) is 6.07 Å². The minimum absolute atomic E-state index is 0.399. The molecule has 0 bridgehead atoms. The van der Waals surface area contributed by atoms with Crippen LogP contribution < -0.4 is 5.06 Å². The van der Waals surface area contributed by atoms with E-state index < -0.39 is 10.2 Å². The molecular formula is C10H12BrNO2. The third-order valence-electron chi connectivity index (χ3n) is 1.70. The fourth-order valence-electron chi connectivity index (χ4n) is 0.938. The summed E-state index contributed by atoms with van der Waals surface area (Å²) in [5.41, 5.74) is 0.463. The van der Waals surface area contributed by atoms with Gasteiger partial charge >= 0.3 is 0 Å².